The van der Waals surface area contributed by atoms with E-state index in [1.54, 1.807) is 12.1 Å². The fourth-order valence-electron chi connectivity index (χ4n) is 2.31. The number of hydrogen-bond donors (Lipinski definition) is 3. The van der Waals surface area contributed by atoms with E-state index in [0.717, 1.165) is 36.2 Å². The van der Waals surface area contributed by atoms with Gasteiger partial charge in [-0.05, 0) is 42.3 Å². The highest BCUT2D eigenvalue weighted by Gasteiger charge is 2.14. The average molecular weight is 423 g/mol. The topological polar surface area (TPSA) is 114 Å². The molecule has 0 spiro atoms. The number of hydrazine groups is 1. The second kappa shape index (κ2) is 10.5. The van der Waals surface area contributed by atoms with Crippen molar-refractivity contribution in [2.24, 2.45) is 0 Å². The van der Waals surface area contributed by atoms with Gasteiger partial charge in [-0.25, -0.2) is 17.5 Å². The van der Waals surface area contributed by atoms with Crippen LogP contribution >= 0.6 is 0 Å². The fraction of sp³-hybridized carbons (Fsp3) is 0.263. The van der Waals surface area contributed by atoms with E-state index in [-0.39, 0.29) is 24.5 Å². The highest BCUT2D eigenvalue weighted by atomic mass is 32.2. The van der Waals surface area contributed by atoms with Crippen LogP contribution in [0.5, 0.6) is 5.75 Å². The molecule has 0 bridgehead atoms. The highest BCUT2D eigenvalue weighted by Crippen LogP contribution is 2.17. The summed E-state index contributed by atoms with van der Waals surface area (Å²) in [5.41, 5.74) is 5.33. The first kappa shape index (κ1) is 22.3. The number of nitrogens with one attached hydrogen (secondary N) is 3. The van der Waals surface area contributed by atoms with Crippen molar-refractivity contribution < 1.29 is 27.1 Å². The molecule has 3 N–H and O–H groups in total. The number of amides is 2. The second-order valence-corrected chi connectivity index (χ2v) is 7.71. The normalized spacial score (nSPS) is 11.0. The molecule has 0 aromatic heterocycles. The molecular weight excluding hydrogens is 401 g/mol. The van der Waals surface area contributed by atoms with Crippen LogP contribution in [0.4, 0.5) is 4.39 Å². The number of sulfonamides is 1. The number of hydrogen-bond acceptors (Lipinski definition) is 5. The molecule has 0 aliphatic rings. The maximum absolute atomic E-state index is 12.9. The van der Waals surface area contributed by atoms with Crippen LogP contribution in [0.25, 0.3) is 0 Å². The molecule has 0 saturated heterocycles. The zero-order valence-electron chi connectivity index (χ0n) is 15.8. The summed E-state index contributed by atoms with van der Waals surface area (Å²) in [5, 5.41) is 0. The summed E-state index contributed by atoms with van der Waals surface area (Å²) in [6.45, 7) is 1.49. The Hall–Kier alpha value is -2.98. The lowest BCUT2D eigenvalue weighted by molar-refractivity contribution is -0.129. The summed E-state index contributed by atoms with van der Waals surface area (Å²) in [4.78, 5) is 23.4. The van der Waals surface area contributed by atoms with Gasteiger partial charge in [-0.15, -0.1) is 0 Å². The molecular formula is C19H22FN3O5S. The number of rotatable bonds is 9. The van der Waals surface area contributed by atoms with Crippen LogP contribution in [0.1, 0.15) is 18.9 Å². The number of aryl methyl sites for hydroxylation is 1. The summed E-state index contributed by atoms with van der Waals surface area (Å²) < 4.78 is 44.5. The second-order valence-electron chi connectivity index (χ2n) is 5.95. The van der Waals surface area contributed by atoms with Crippen molar-refractivity contribution >= 4 is 21.8 Å². The summed E-state index contributed by atoms with van der Waals surface area (Å²) in [7, 11) is -3.85. The van der Waals surface area contributed by atoms with Crippen molar-refractivity contribution in [1.82, 2.24) is 15.6 Å². The summed E-state index contributed by atoms with van der Waals surface area (Å²) in [6, 6.07) is 11.6. The van der Waals surface area contributed by atoms with Gasteiger partial charge in [-0.1, -0.05) is 25.1 Å². The molecule has 10 heteroatoms. The Morgan fingerprint density at radius 2 is 1.66 bits per heavy atom. The predicted molar refractivity (Wildman–Crippen MR) is 104 cm³/mol. The van der Waals surface area contributed by atoms with Crippen molar-refractivity contribution in [3.05, 3.63) is 59.9 Å². The number of para-hydroxylation sites is 1. The molecule has 29 heavy (non-hydrogen) atoms. The lowest BCUT2D eigenvalue weighted by atomic mass is 10.1. The molecule has 0 aliphatic heterocycles. The van der Waals surface area contributed by atoms with Gasteiger partial charge in [0.25, 0.3) is 5.91 Å². The quantitative estimate of drug-likeness (QED) is 0.526. The minimum absolute atomic E-state index is 0.114. The zero-order valence-corrected chi connectivity index (χ0v) is 16.6. The van der Waals surface area contributed by atoms with Crippen molar-refractivity contribution in [2.75, 3.05) is 13.2 Å². The van der Waals surface area contributed by atoms with Crippen LogP contribution in [0, 0.1) is 5.82 Å². The van der Waals surface area contributed by atoms with E-state index in [9.17, 15) is 22.4 Å². The van der Waals surface area contributed by atoms with Gasteiger partial charge in [0.15, 0.2) is 6.61 Å². The summed E-state index contributed by atoms with van der Waals surface area (Å²) >= 11 is 0. The van der Waals surface area contributed by atoms with E-state index in [1.807, 2.05) is 19.1 Å². The summed E-state index contributed by atoms with van der Waals surface area (Å²) in [5.74, 6) is -1.11. The molecule has 156 valence electrons. The van der Waals surface area contributed by atoms with E-state index >= 15 is 0 Å². The van der Waals surface area contributed by atoms with E-state index in [2.05, 4.69) is 15.6 Å². The smallest absolute Gasteiger partial charge is 0.276 e. The number of carbonyl (C=O) groups is 2. The van der Waals surface area contributed by atoms with Gasteiger partial charge in [-0.3, -0.25) is 20.4 Å². The van der Waals surface area contributed by atoms with Crippen molar-refractivity contribution in [3.63, 3.8) is 0 Å². The minimum atomic E-state index is -3.85. The molecule has 0 fully saturated rings. The van der Waals surface area contributed by atoms with E-state index in [4.69, 9.17) is 4.74 Å². The minimum Gasteiger partial charge on any atom is -0.483 e. The van der Waals surface area contributed by atoms with Gasteiger partial charge in [0.2, 0.25) is 15.9 Å². The Morgan fingerprint density at radius 3 is 2.34 bits per heavy atom. The predicted octanol–water partition coefficient (Wildman–Crippen LogP) is 1.28. The average Bonchev–Trinajstić information content (AvgIpc) is 2.71. The molecule has 0 aliphatic carbocycles. The fourth-order valence-corrected chi connectivity index (χ4v) is 3.35. The Kier molecular flexibility index (Phi) is 8.10. The lowest BCUT2D eigenvalue weighted by Crippen LogP contribution is -2.44. The van der Waals surface area contributed by atoms with E-state index in [0.29, 0.717) is 5.75 Å². The van der Waals surface area contributed by atoms with Gasteiger partial charge in [0.05, 0.1) is 4.90 Å². The van der Waals surface area contributed by atoms with E-state index < -0.39 is 27.7 Å². The highest BCUT2D eigenvalue weighted by molar-refractivity contribution is 7.89. The van der Waals surface area contributed by atoms with Crippen LogP contribution in [-0.4, -0.2) is 33.4 Å². The zero-order chi connectivity index (χ0) is 21.3. The summed E-state index contributed by atoms with van der Waals surface area (Å²) in [6.07, 6.45) is 0.544. The Balaban J connectivity index is 1.70. The molecule has 2 aromatic carbocycles. The lowest BCUT2D eigenvalue weighted by Gasteiger charge is -2.11. The molecule has 0 radical (unpaired) electrons. The van der Waals surface area contributed by atoms with Crippen LogP contribution in [0.2, 0.25) is 0 Å². The van der Waals surface area contributed by atoms with Crippen molar-refractivity contribution in [3.8, 4) is 5.75 Å². The first-order valence-electron chi connectivity index (χ1n) is 8.85. The van der Waals surface area contributed by atoms with Crippen LogP contribution < -0.4 is 20.3 Å². The standard InChI is InChI=1S/C19H22FN3O5S/c1-2-14-5-3-4-6-17(14)28-13-19(25)23-22-18(24)11-12-21-29(26,27)16-9-7-15(20)8-10-16/h3-10,21H,2,11-13H2,1H3,(H,22,24)(H,23,25). The first-order chi connectivity index (χ1) is 13.8. The monoisotopic (exact) mass is 423 g/mol. The van der Waals surface area contributed by atoms with Crippen LogP contribution in [-0.2, 0) is 26.0 Å². The van der Waals surface area contributed by atoms with Gasteiger partial charge in [0.1, 0.15) is 11.6 Å². The molecule has 0 unspecified atom stereocenters. The Morgan fingerprint density at radius 1 is 1.00 bits per heavy atom. The van der Waals surface area contributed by atoms with Crippen molar-refractivity contribution in [2.45, 2.75) is 24.7 Å². The van der Waals surface area contributed by atoms with Crippen molar-refractivity contribution in [1.29, 1.82) is 0 Å². The Labute approximate surface area is 168 Å². The first-order valence-corrected chi connectivity index (χ1v) is 10.3. The van der Waals surface area contributed by atoms with Gasteiger partial charge in [0, 0.05) is 13.0 Å². The Bertz CT molecular complexity index is 949. The third-order valence-electron chi connectivity index (χ3n) is 3.82. The molecule has 2 amide bonds. The maximum Gasteiger partial charge on any atom is 0.276 e. The molecule has 2 rings (SSSR count). The van der Waals surface area contributed by atoms with Gasteiger partial charge >= 0.3 is 0 Å². The maximum atomic E-state index is 12.9. The third kappa shape index (κ3) is 7.16. The molecule has 8 nitrogen and oxygen atoms in total. The number of benzene rings is 2. The molecule has 2 aromatic rings. The SMILES string of the molecule is CCc1ccccc1OCC(=O)NNC(=O)CCNS(=O)(=O)c1ccc(F)cc1. The molecule has 0 atom stereocenters. The number of ether oxygens (including phenoxy) is 1. The van der Waals surface area contributed by atoms with Crippen LogP contribution in [0.15, 0.2) is 53.4 Å². The van der Waals surface area contributed by atoms with Crippen LogP contribution in [0.3, 0.4) is 0 Å². The van der Waals surface area contributed by atoms with Gasteiger partial charge < -0.3 is 4.74 Å². The molecule has 0 heterocycles. The largest absolute Gasteiger partial charge is 0.483 e. The number of halogens is 1. The van der Waals surface area contributed by atoms with Gasteiger partial charge in [-0.2, -0.15) is 0 Å². The molecule has 0 saturated carbocycles. The number of carbonyl (C=O) groups excluding carboxylic acids is 2. The third-order valence-corrected chi connectivity index (χ3v) is 5.30. The van der Waals surface area contributed by atoms with E-state index in [1.165, 1.54) is 0 Å².